The second-order valence-electron chi connectivity index (χ2n) is 9.69. The molecule has 1 aromatic carbocycles. The van der Waals surface area contributed by atoms with E-state index in [9.17, 15) is 15.7 Å². The van der Waals surface area contributed by atoms with Gasteiger partial charge in [-0.05, 0) is 23.8 Å². The van der Waals surface area contributed by atoms with Gasteiger partial charge in [-0.3, -0.25) is 5.21 Å². The molecule has 0 aliphatic heterocycles. The zero-order valence-corrected chi connectivity index (χ0v) is 21.4. The van der Waals surface area contributed by atoms with Gasteiger partial charge < -0.3 is 9.47 Å². The Kier molecular flexibility index (Phi) is 12.3. The Balaban J connectivity index is 3.46. The smallest absolute Gasteiger partial charge is 0.152 e. The van der Waals surface area contributed by atoms with Gasteiger partial charge in [-0.15, -0.1) is 0 Å². The minimum atomic E-state index is -0.374. The molecule has 33 heavy (non-hydrogen) atoms. The molecule has 0 unspecified atom stereocenters. The zero-order chi connectivity index (χ0) is 25.0. The summed E-state index contributed by atoms with van der Waals surface area (Å²) >= 11 is 0. The fourth-order valence-electron chi connectivity index (χ4n) is 3.74. The third kappa shape index (κ3) is 8.54. The van der Waals surface area contributed by atoms with Crippen LogP contribution in [0.5, 0.6) is 11.5 Å². The van der Waals surface area contributed by atoms with Gasteiger partial charge in [0.15, 0.2) is 11.4 Å². The molecule has 0 fully saturated rings. The Morgan fingerprint density at radius 2 is 1.76 bits per heavy atom. The van der Waals surface area contributed by atoms with Crippen LogP contribution in [0.4, 0.5) is 5.69 Å². The van der Waals surface area contributed by atoms with Crippen molar-refractivity contribution >= 4 is 11.3 Å². The molecule has 0 aromatic heterocycles. The number of unbranched alkanes of at least 4 members (excludes halogenated alkanes) is 6. The van der Waals surface area contributed by atoms with Crippen LogP contribution in [0.15, 0.2) is 12.1 Å². The quantitative estimate of drug-likeness (QED) is 0.130. The van der Waals surface area contributed by atoms with Crippen LogP contribution in [0.3, 0.4) is 0 Å². The van der Waals surface area contributed by atoms with Crippen molar-refractivity contribution in [3.63, 3.8) is 0 Å². The van der Waals surface area contributed by atoms with Crippen molar-refractivity contribution in [2.75, 3.05) is 18.9 Å². The van der Waals surface area contributed by atoms with Crippen molar-refractivity contribution in [3.8, 4) is 17.6 Å². The molecule has 7 heteroatoms. The molecule has 0 bridgehead atoms. The molecule has 0 saturated heterocycles. The minimum absolute atomic E-state index is 0.0236. The van der Waals surface area contributed by atoms with Gasteiger partial charge in [-0.2, -0.15) is 5.26 Å². The van der Waals surface area contributed by atoms with Crippen LogP contribution in [-0.2, 0) is 10.4 Å². The molecule has 0 atom stereocenters. The van der Waals surface area contributed by atoms with E-state index in [1.807, 2.05) is 40.7 Å². The highest BCUT2D eigenvalue weighted by molar-refractivity contribution is 5.91. The summed E-state index contributed by atoms with van der Waals surface area (Å²) in [5.74, 6) is 0.799. The molecule has 186 valence electrons. The van der Waals surface area contributed by atoms with E-state index in [4.69, 9.17) is 9.47 Å². The Hall–Kier alpha value is -2.27. The van der Waals surface area contributed by atoms with E-state index in [2.05, 4.69) is 18.0 Å². The normalized spacial score (nSPS) is 12.1. The van der Waals surface area contributed by atoms with E-state index in [0.29, 0.717) is 29.2 Å². The van der Waals surface area contributed by atoms with Crippen LogP contribution in [0, 0.1) is 17.2 Å². The lowest BCUT2D eigenvalue weighted by molar-refractivity contribution is -0.304. The summed E-state index contributed by atoms with van der Waals surface area (Å²) in [5, 5.41) is 29.8. The molecule has 0 saturated carbocycles. The monoisotopic (exact) mass is 462 g/mol. The Morgan fingerprint density at radius 1 is 1.15 bits per heavy atom. The molecule has 0 aliphatic carbocycles. The maximum atomic E-state index is 10.4. The van der Waals surface area contributed by atoms with Crippen molar-refractivity contribution in [2.45, 2.75) is 91.9 Å². The van der Waals surface area contributed by atoms with Gasteiger partial charge in [0, 0.05) is 5.56 Å². The van der Waals surface area contributed by atoms with Gasteiger partial charge in [0.25, 0.3) is 0 Å². The number of methoxy groups -OCH3 is 1. The minimum Gasteiger partial charge on any atom is -0.494 e. The molecule has 1 aromatic rings. The highest BCUT2D eigenvalue weighted by Gasteiger charge is 2.31. The van der Waals surface area contributed by atoms with Crippen LogP contribution in [0.1, 0.15) is 97.6 Å². The zero-order valence-electron chi connectivity index (χ0n) is 21.4. The maximum Gasteiger partial charge on any atom is 0.152 e. The predicted octanol–water partition coefficient (Wildman–Crippen LogP) is 7.29. The number of rotatable bonds is 14. The number of anilines is 1. The summed E-state index contributed by atoms with van der Waals surface area (Å²) < 4.78 is 11.8. The lowest BCUT2D eigenvalue weighted by atomic mass is 9.83. The third-order valence-electron chi connectivity index (χ3n) is 5.39. The molecular formula is C26H42N2O5. The first kappa shape index (κ1) is 28.8. The second-order valence-corrected chi connectivity index (χ2v) is 9.69. The SMILES string of the molecule is CCCCCCCCCOc1cc(C(C)(C)C)c(OC)c(N(O)OO)c1/C(C#N)=C/C(C)C. The highest BCUT2D eigenvalue weighted by Crippen LogP contribution is 2.48. The molecule has 0 aliphatic rings. The van der Waals surface area contributed by atoms with Crippen molar-refractivity contribution in [2.24, 2.45) is 5.92 Å². The molecule has 0 spiro atoms. The number of benzene rings is 1. The van der Waals surface area contributed by atoms with E-state index in [1.54, 1.807) is 6.08 Å². The van der Waals surface area contributed by atoms with Gasteiger partial charge in [-0.25, -0.2) is 5.26 Å². The number of hydrogen-bond acceptors (Lipinski definition) is 7. The lowest BCUT2D eigenvalue weighted by Crippen LogP contribution is -2.22. The molecular weight excluding hydrogens is 420 g/mol. The van der Waals surface area contributed by atoms with Crippen LogP contribution in [0.2, 0.25) is 0 Å². The standard InChI is InChI=1S/C26H42N2O5/c1-8-9-10-11-12-13-14-15-32-22-17-21(26(4,5)6)25(31-7)24(28(29)33-30)23(22)20(18-27)16-19(2)3/h16-17,19,29-30H,8-15H2,1-7H3/b20-16+. The van der Waals surface area contributed by atoms with Gasteiger partial charge in [0.05, 0.1) is 30.9 Å². The molecule has 2 N–H and O–H groups in total. The van der Waals surface area contributed by atoms with Crippen molar-refractivity contribution < 1.29 is 24.9 Å². The van der Waals surface area contributed by atoms with E-state index >= 15 is 0 Å². The molecule has 0 heterocycles. The fourth-order valence-corrected chi connectivity index (χ4v) is 3.74. The number of ether oxygens (including phenoxy) is 2. The summed E-state index contributed by atoms with van der Waals surface area (Å²) in [7, 11) is 1.47. The average molecular weight is 463 g/mol. The first-order valence-electron chi connectivity index (χ1n) is 11.9. The van der Waals surface area contributed by atoms with Crippen molar-refractivity contribution in [1.29, 1.82) is 5.26 Å². The molecule has 7 nitrogen and oxygen atoms in total. The Morgan fingerprint density at radius 3 is 2.24 bits per heavy atom. The second kappa shape index (κ2) is 14.1. The highest BCUT2D eigenvalue weighted by atomic mass is 17.2. The largest absolute Gasteiger partial charge is 0.494 e. The van der Waals surface area contributed by atoms with Crippen LogP contribution < -0.4 is 14.7 Å². The summed E-state index contributed by atoms with van der Waals surface area (Å²) in [5.41, 5.74) is 1.01. The average Bonchev–Trinajstić information content (AvgIpc) is 2.76. The van der Waals surface area contributed by atoms with Crippen molar-refractivity contribution in [1.82, 2.24) is 0 Å². The number of allylic oxidation sites excluding steroid dienone is 2. The lowest BCUT2D eigenvalue weighted by Gasteiger charge is -2.28. The van der Waals surface area contributed by atoms with E-state index < -0.39 is 0 Å². The maximum absolute atomic E-state index is 10.4. The van der Waals surface area contributed by atoms with Gasteiger partial charge >= 0.3 is 0 Å². The molecule has 1 rings (SSSR count). The topological polar surface area (TPSA) is 95.2 Å². The Labute approximate surface area is 199 Å². The number of nitriles is 1. The number of hydrogen-bond donors (Lipinski definition) is 2. The van der Waals surface area contributed by atoms with Gasteiger partial charge in [0.2, 0.25) is 0 Å². The third-order valence-corrected chi connectivity index (χ3v) is 5.39. The van der Waals surface area contributed by atoms with Crippen LogP contribution in [-0.4, -0.2) is 24.2 Å². The Bertz CT molecular complexity index is 806. The van der Waals surface area contributed by atoms with E-state index in [0.717, 1.165) is 24.8 Å². The number of nitrogens with zero attached hydrogens (tertiary/aromatic N) is 2. The van der Waals surface area contributed by atoms with E-state index in [-0.39, 0.29) is 22.2 Å². The fraction of sp³-hybridized carbons (Fsp3) is 0.654. The van der Waals surface area contributed by atoms with Crippen molar-refractivity contribution in [3.05, 3.63) is 23.3 Å². The van der Waals surface area contributed by atoms with Crippen LogP contribution >= 0.6 is 0 Å². The molecule has 0 amide bonds. The molecule has 0 radical (unpaired) electrons. The summed E-state index contributed by atoms with van der Waals surface area (Å²) in [6.07, 6.45) is 9.87. The van der Waals surface area contributed by atoms with Gasteiger partial charge in [0.1, 0.15) is 5.75 Å². The first-order chi connectivity index (χ1) is 15.6. The first-order valence-corrected chi connectivity index (χ1v) is 11.9. The summed E-state index contributed by atoms with van der Waals surface area (Å²) in [4.78, 5) is 4.15. The van der Waals surface area contributed by atoms with Crippen LogP contribution in [0.25, 0.3) is 5.57 Å². The van der Waals surface area contributed by atoms with Gasteiger partial charge in [-0.1, -0.05) is 96.4 Å². The predicted molar refractivity (Wildman–Crippen MR) is 132 cm³/mol. The summed E-state index contributed by atoms with van der Waals surface area (Å²) in [6.45, 7) is 12.6. The summed E-state index contributed by atoms with van der Waals surface area (Å²) in [6, 6.07) is 4.06. The van der Waals surface area contributed by atoms with E-state index in [1.165, 1.54) is 32.8 Å².